The molecule has 3 nitrogen and oxygen atoms in total. The summed E-state index contributed by atoms with van der Waals surface area (Å²) in [4.78, 5) is 12.2. The molecule has 2 atom stereocenters. The van der Waals surface area contributed by atoms with Crippen LogP contribution < -0.4 is 10.6 Å². The largest absolute Gasteiger partial charge is 0.326 e. The van der Waals surface area contributed by atoms with Gasteiger partial charge in [0.15, 0.2) is 0 Å². The van der Waals surface area contributed by atoms with Crippen LogP contribution in [0.2, 0.25) is 0 Å². The van der Waals surface area contributed by atoms with E-state index in [0.29, 0.717) is 5.92 Å². The van der Waals surface area contributed by atoms with E-state index in [0.717, 1.165) is 25.2 Å². The maximum atomic E-state index is 12.2. The van der Waals surface area contributed by atoms with E-state index in [1.165, 1.54) is 18.4 Å². The standard InChI is InChI=1S/C16H24N2O/c1-3-17-11-13-7-9-14(10-8-13)18-16(19)15-6-4-5-12(15)2/h7-10,12,15,17H,3-6,11H2,1-2H3,(H,18,19). The second-order valence-corrected chi connectivity index (χ2v) is 5.48. The van der Waals surface area contributed by atoms with Gasteiger partial charge in [0.25, 0.3) is 0 Å². The molecule has 0 bridgehead atoms. The van der Waals surface area contributed by atoms with Gasteiger partial charge in [-0.25, -0.2) is 0 Å². The lowest BCUT2D eigenvalue weighted by Gasteiger charge is -2.15. The second kappa shape index (κ2) is 6.71. The quantitative estimate of drug-likeness (QED) is 0.853. The summed E-state index contributed by atoms with van der Waals surface area (Å²) in [6.45, 7) is 6.12. The maximum Gasteiger partial charge on any atom is 0.227 e. The van der Waals surface area contributed by atoms with Crippen LogP contribution in [0.1, 0.15) is 38.7 Å². The van der Waals surface area contributed by atoms with Crippen molar-refractivity contribution in [3.8, 4) is 0 Å². The highest BCUT2D eigenvalue weighted by Crippen LogP contribution is 2.32. The highest BCUT2D eigenvalue weighted by Gasteiger charge is 2.29. The van der Waals surface area contributed by atoms with E-state index in [4.69, 9.17) is 0 Å². The van der Waals surface area contributed by atoms with Gasteiger partial charge in [0.05, 0.1) is 0 Å². The topological polar surface area (TPSA) is 41.1 Å². The molecule has 0 spiro atoms. The summed E-state index contributed by atoms with van der Waals surface area (Å²) < 4.78 is 0. The van der Waals surface area contributed by atoms with Gasteiger partial charge in [-0.3, -0.25) is 4.79 Å². The number of hydrogen-bond donors (Lipinski definition) is 2. The summed E-state index contributed by atoms with van der Waals surface area (Å²) >= 11 is 0. The highest BCUT2D eigenvalue weighted by atomic mass is 16.1. The Labute approximate surface area is 115 Å². The van der Waals surface area contributed by atoms with Crippen molar-refractivity contribution in [3.63, 3.8) is 0 Å². The number of amides is 1. The fraction of sp³-hybridized carbons (Fsp3) is 0.562. The Balaban J connectivity index is 1.90. The number of carbonyl (C=O) groups is 1. The van der Waals surface area contributed by atoms with E-state index in [9.17, 15) is 4.79 Å². The van der Waals surface area contributed by atoms with Crippen molar-refractivity contribution >= 4 is 11.6 Å². The Hall–Kier alpha value is -1.35. The van der Waals surface area contributed by atoms with Crippen LogP contribution in [-0.2, 0) is 11.3 Å². The molecule has 1 aliphatic rings. The summed E-state index contributed by atoms with van der Waals surface area (Å²) in [6.07, 6.45) is 3.39. The van der Waals surface area contributed by atoms with Crippen molar-refractivity contribution in [2.45, 2.75) is 39.7 Å². The lowest BCUT2D eigenvalue weighted by Crippen LogP contribution is -2.24. The van der Waals surface area contributed by atoms with Gasteiger partial charge in [-0.2, -0.15) is 0 Å². The Kier molecular flexibility index (Phi) is 4.97. The van der Waals surface area contributed by atoms with Crippen LogP contribution in [0.5, 0.6) is 0 Å². The summed E-state index contributed by atoms with van der Waals surface area (Å²) in [6, 6.07) is 8.11. The zero-order valence-electron chi connectivity index (χ0n) is 11.9. The fourth-order valence-electron chi connectivity index (χ4n) is 2.75. The number of carbonyl (C=O) groups excluding carboxylic acids is 1. The van der Waals surface area contributed by atoms with Crippen molar-refractivity contribution in [2.75, 3.05) is 11.9 Å². The molecule has 2 N–H and O–H groups in total. The molecule has 0 radical (unpaired) electrons. The van der Waals surface area contributed by atoms with Crippen molar-refractivity contribution in [1.82, 2.24) is 5.32 Å². The zero-order valence-corrected chi connectivity index (χ0v) is 11.9. The van der Waals surface area contributed by atoms with Crippen molar-refractivity contribution in [3.05, 3.63) is 29.8 Å². The molecule has 1 aromatic rings. The summed E-state index contributed by atoms with van der Waals surface area (Å²) in [5.74, 6) is 0.902. The number of hydrogen-bond acceptors (Lipinski definition) is 2. The number of nitrogens with one attached hydrogen (secondary N) is 2. The fourth-order valence-corrected chi connectivity index (χ4v) is 2.75. The van der Waals surface area contributed by atoms with Gasteiger partial charge in [0.2, 0.25) is 5.91 Å². The van der Waals surface area contributed by atoms with Gasteiger partial charge < -0.3 is 10.6 Å². The maximum absolute atomic E-state index is 12.2. The van der Waals surface area contributed by atoms with Gasteiger partial charge in [0, 0.05) is 18.2 Å². The molecule has 1 aliphatic carbocycles. The van der Waals surface area contributed by atoms with E-state index in [2.05, 4.69) is 36.6 Å². The first-order chi connectivity index (χ1) is 9.20. The molecule has 19 heavy (non-hydrogen) atoms. The molecular formula is C16H24N2O. The summed E-state index contributed by atoms with van der Waals surface area (Å²) in [5.41, 5.74) is 2.15. The number of rotatable bonds is 5. The van der Waals surface area contributed by atoms with Crippen LogP contribution in [0.3, 0.4) is 0 Å². The minimum atomic E-state index is 0.185. The first kappa shape index (κ1) is 14.1. The van der Waals surface area contributed by atoms with Crippen molar-refractivity contribution in [1.29, 1.82) is 0 Å². The molecule has 1 saturated carbocycles. The van der Waals surface area contributed by atoms with Gasteiger partial charge >= 0.3 is 0 Å². The third-order valence-corrected chi connectivity index (χ3v) is 4.00. The third-order valence-electron chi connectivity index (χ3n) is 4.00. The zero-order chi connectivity index (χ0) is 13.7. The molecule has 104 valence electrons. The third kappa shape index (κ3) is 3.80. The smallest absolute Gasteiger partial charge is 0.227 e. The lowest BCUT2D eigenvalue weighted by molar-refractivity contribution is -0.120. The Morgan fingerprint density at radius 2 is 2.00 bits per heavy atom. The predicted molar refractivity (Wildman–Crippen MR) is 79.0 cm³/mol. The molecular weight excluding hydrogens is 236 g/mol. The van der Waals surface area contributed by atoms with Crippen molar-refractivity contribution in [2.24, 2.45) is 11.8 Å². The van der Waals surface area contributed by atoms with Gasteiger partial charge in [0.1, 0.15) is 0 Å². The highest BCUT2D eigenvalue weighted by molar-refractivity contribution is 5.92. The van der Waals surface area contributed by atoms with Gasteiger partial charge in [-0.05, 0) is 43.0 Å². The molecule has 0 heterocycles. The Bertz CT molecular complexity index is 413. The van der Waals surface area contributed by atoms with E-state index < -0.39 is 0 Å². The van der Waals surface area contributed by atoms with Crippen LogP contribution in [0.15, 0.2) is 24.3 Å². The van der Waals surface area contributed by atoms with Gasteiger partial charge in [-0.15, -0.1) is 0 Å². The van der Waals surface area contributed by atoms with Crippen molar-refractivity contribution < 1.29 is 4.79 Å². The molecule has 1 amide bonds. The number of benzene rings is 1. The van der Waals surface area contributed by atoms with E-state index in [-0.39, 0.29) is 11.8 Å². The molecule has 0 aromatic heterocycles. The first-order valence-electron chi connectivity index (χ1n) is 7.31. The summed E-state index contributed by atoms with van der Waals surface area (Å²) in [5, 5.41) is 6.33. The van der Waals surface area contributed by atoms with E-state index in [1.807, 2.05) is 12.1 Å². The van der Waals surface area contributed by atoms with E-state index >= 15 is 0 Å². The molecule has 2 unspecified atom stereocenters. The van der Waals surface area contributed by atoms with E-state index in [1.54, 1.807) is 0 Å². The summed E-state index contributed by atoms with van der Waals surface area (Å²) in [7, 11) is 0. The molecule has 0 aliphatic heterocycles. The van der Waals surface area contributed by atoms with Crippen LogP contribution in [0.25, 0.3) is 0 Å². The van der Waals surface area contributed by atoms with Gasteiger partial charge in [-0.1, -0.05) is 32.4 Å². The first-order valence-corrected chi connectivity index (χ1v) is 7.31. The van der Waals surface area contributed by atoms with Crippen LogP contribution in [0, 0.1) is 11.8 Å². The normalized spacial score (nSPS) is 22.4. The second-order valence-electron chi connectivity index (χ2n) is 5.48. The molecule has 1 aromatic carbocycles. The average Bonchev–Trinajstić information content (AvgIpc) is 2.84. The minimum Gasteiger partial charge on any atom is -0.326 e. The Morgan fingerprint density at radius 3 is 2.58 bits per heavy atom. The van der Waals surface area contributed by atoms with Crippen LogP contribution in [-0.4, -0.2) is 12.5 Å². The molecule has 2 rings (SSSR count). The molecule has 0 saturated heterocycles. The number of anilines is 1. The SMILES string of the molecule is CCNCc1ccc(NC(=O)C2CCCC2C)cc1. The minimum absolute atomic E-state index is 0.185. The molecule has 3 heteroatoms. The molecule has 1 fully saturated rings. The monoisotopic (exact) mass is 260 g/mol. The lowest BCUT2D eigenvalue weighted by atomic mass is 9.97. The Morgan fingerprint density at radius 1 is 1.26 bits per heavy atom. The average molecular weight is 260 g/mol. The van der Waals surface area contributed by atoms with Crippen LogP contribution in [0.4, 0.5) is 5.69 Å². The van der Waals surface area contributed by atoms with Crippen LogP contribution >= 0.6 is 0 Å². The predicted octanol–water partition coefficient (Wildman–Crippen LogP) is 3.17.